The summed E-state index contributed by atoms with van der Waals surface area (Å²) in [5.41, 5.74) is 7.05. The number of hydrogen-bond donors (Lipinski definition) is 1. The number of rotatable bonds is 1. The van der Waals surface area contributed by atoms with Crippen LogP contribution in [0.2, 0.25) is 5.02 Å². The summed E-state index contributed by atoms with van der Waals surface area (Å²) in [6.07, 6.45) is 2.32. The van der Waals surface area contributed by atoms with Crippen LogP contribution >= 0.6 is 11.6 Å². The van der Waals surface area contributed by atoms with Crippen molar-refractivity contribution in [2.75, 3.05) is 23.7 Å². The molecule has 1 aliphatic heterocycles. The molecule has 1 heterocycles. The Morgan fingerprint density at radius 2 is 1.93 bits per heavy atom. The highest BCUT2D eigenvalue weighted by Gasteiger charge is 2.16. The molecule has 76 valence electrons. The van der Waals surface area contributed by atoms with Gasteiger partial charge in [-0.25, -0.2) is 4.39 Å². The van der Waals surface area contributed by atoms with Gasteiger partial charge in [-0.1, -0.05) is 11.6 Å². The lowest BCUT2D eigenvalue weighted by atomic mass is 10.2. The van der Waals surface area contributed by atoms with Gasteiger partial charge in [-0.3, -0.25) is 0 Å². The summed E-state index contributed by atoms with van der Waals surface area (Å²) in [6, 6.07) is 2.90. The topological polar surface area (TPSA) is 29.3 Å². The Balaban J connectivity index is 2.37. The van der Waals surface area contributed by atoms with E-state index in [1.165, 1.54) is 6.07 Å². The first kappa shape index (κ1) is 9.59. The second kappa shape index (κ2) is 3.65. The van der Waals surface area contributed by atoms with E-state index in [2.05, 4.69) is 4.90 Å². The summed E-state index contributed by atoms with van der Waals surface area (Å²) < 4.78 is 13.0. The van der Waals surface area contributed by atoms with Crippen LogP contribution < -0.4 is 10.6 Å². The fraction of sp³-hybridized carbons (Fsp3) is 0.400. The second-order valence-electron chi connectivity index (χ2n) is 3.52. The van der Waals surface area contributed by atoms with Crippen molar-refractivity contribution in [1.29, 1.82) is 0 Å². The van der Waals surface area contributed by atoms with E-state index < -0.39 is 5.82 Å². The minimum atomic E-state index is -0.452. The van der Waals surface area contributed by atoms with Gasteiger partial charge < -0.3 is 10.6 Å². The Labute approximate surface area is 87.5 Å². The lowest BCUT2D eigenvalue weighted by Gasteiger charge is -2.19. The average molecular weight is 215 g/mol. The molecular weight excluding hydrogens is 203 g/mol. The van der Waals surface area contributed by atoms with E-state index in [4.69, 9.17) is 17.3 Å². The van der Waals surface area contributed by atoms with Crippen LogP contribution in [0.4, 0.5) is 15.8 Å². The Morgan fingerprint density at radius 1 is 1.29 bits per heavy atom. The minimum Gasteiger partial charge on any atom is -0.397 e. The van der Waals surface area contributed by atoms with Gasteiger partial charge in [0, 0.05) is 19.2 Å². The van der Waals surface area contributed by atoms with E-state index >= 15 is 0 Å². The van der Waals surface area contributed by atoms with Crippen molar-refractivity contribution in [3.8, 4) is 0 Å². The number of hydrogen-bond acceptors (Lipinski definition) is 2. The third kappa shape index (κ3) is 1.64. The lowest BCUT2D eigenvalue weighted by molar-refractivity contribution is 0.629. The van der Waals surface area contributed by atoms with Gasteiger partial charge >= 0.3 is 0 Å². The van der Waals surface area contributed by atoms with Gasteiger partial charge in [-0.2, -0.15) is 0 Å². The predicted octanol–water partition coefficient (Wildman–Crippen LogP) is 2.66. The number of nitrogens with zero attached hydrogens (tertiary/aromatic N) is 1. The van der Waals surface area contributed by atoms with E-state index in [1.54, 1.807) is 6.07 Å². The van der Waals surface area contributed by atoms with E-state index in [9.17, 15) is 4.39 Å². The van der Waals surface area contributed by atoms with Crippen molar-refractivity contribution in [2.45, 2.75) is 12.8 Å². The SMILES string of the molecule is Nc1cc(F)c(Cl)cc1N1CCCC1. The molecule has 0 aliphatic carbocycles. The highest BCUT2D eigenvalue weighted by Crippen LogP contribution is 2.31. The zero-order chi connectivity index (χ0) is 10.1. The Bertz CT molecular complexity index is 348. The summed E-state index contributed by atoms with van der Waals surface area (Å²) in [4.78, 5) is 2.14. The highest BCUT2D eigenvalue weighted by molar-refractivity contribution is 6.31. The molecule has 0 unspecified atom stereocenters. The molecule has 2 rings (SSSR count). The zero-order valence-corrected chi connectivity index (χ0v) is 8.52. The first-order chi connectivity index (χ1) is 6.68. The third-order valence-corrected chi connectivity index (χ3v) is 2.81. The van der Waals surface area contributed by atoms with Gasteiger partial charge in [0.05, 0.1) is 16.4 Å². The molecule has 1 aromatic carbocycles. The fourth-order valence-corrected chi connectivity index (χ4v) is 1.94. The van der Waals surface area contributed by atoms with Gasteiger partial charge in [0.2, 0.25) is 0 Å². The summed E-state index contributed by atoms with van der Waals surface area (Å²) in [5, 5.41) is 0.140. The molecule has 2 nitrogen and oxygen atoms in total. The van der Waals surface area contributed by atoms with Crippen molar-refractivity contribution in [2.24, 2.45) is 0 Å². The Hall–Kier alpha value is -0.960. The van der Waals surface area contributed by atoms with E-state index in [0.717, 1.165) is 31.6 Å². The largest absolute Gasteiger partial charge is 0.397 e. The molecule has 1 saturated heterocycles. The van der Waals surface area contributed by atoms with Gasteiger partial charge in [0.1, 0.15) is 5.82 Å². The molecule has 1 aromatic rings. The fourth-order valence-electron chi connectivity index (χ4n) is 1.78. The number of halogens is 2. The summed E-state index contributed by atoms with van der Waals surface area (Å²) in [5.74, 6) is -0.452. The van der Waals surface area contributed by atoms with Crippen LogP contribution in [0.15, 0.2) is 12.1 Å². The monoisotopic (exact) mass is 214 g/mol. The molecule has 1 fully saturated rings. The number of benzene rings is 1. The summed E-state index contributed by atoms with van der Waals surface area (Å²) >= 11 is 5.71. The zero-order valence-electron chi connectivity index (χ0n) is 7.76. The molecule has 4 heteroatoms. The third-order valence-electron chi connectivity index (χ3n) is 2.52. The van der Waals surface area contributed by atoms with Crippen LogP contribution in [0, 0.1) is 5.82 Å². The first-order valence-corrected chi connectivity index (χ1v) is 5.06. The molecule has 0 bridgehead atoms. The van der Waals surface area contributed by atoms with Gasteiger partial charge in [-0.15, -0.1) is 0 Å². The maximum absolute atomic E-state index is 13.0. The van der Waals surface area contributed by atoms with Crippen LogP contribution in [0.3, 0.4) is 0 Å². The highest BCUT2D eigenvalue weighted by atomic mass is 35.5. The van der Waals surface area contributed by atoms with Crippen LogP contribution in [0.1, 0.15) is 12.8 Å². The molecule has 0 saturated carbocycles. The number of anilines is 2. The minimum absolute atomic E-state index is 0.140. The van der Waals surface area contributed by atoms with Crippen LogP contribution in [-0.4, -0.2) is 13.1 Å². The van der Waals surface area contributed by atoms with Crippen LogP contribution in [-0.2, 0) is 0 Å². The van der Waals surface area contributed by atoms with Crippen LogP contribution in [0.25, 0.3) is 0 Å². The summed E-state index contributed by atoms with van der Waals surface area (Å²) in [7, 11) is 0. The molecule has 0 aromatic heterocycles. The normalized spacial score (nSPS) is 16.3. The quantitative estimate of drug-likeness (QED) is 0.729. The number of nitrogens with two attached hydrogens (primary N) is 1. The Kier molecular flexibility index (Phi) is 2.50. The van der Waals surface area contributed by atoms with Crippen molar-refractivity contribution < 1.29 is 4.39 Å². The molecular formula is C10H12ClFN2. The molecule has 2 N–H and O–H groups in total. The standard InChI is InChI=1S/C10H12ClFN2/c11-7-5-10(9(13)6-8(7)12)14-3-1-2-4-14/h5-6H,1-4,13H2. The maximum Gasteiger partial charge on any atom is 0.143 e. The molecule has 14 heavy (non-hydrogen) atoms. The maximum atomic E-state index is 13.0. The van der Waals surface area contributed by atoms with Crippen LogP contribution in [0.5, 0.6) is 0 Å². The average Bonchev–Trinajstić information content (AvgIpc) is 2.64. The molecule has 1 aliphatic rings. The molecule has 0 spiro atoms. The Morgan fingerprint density at radius 3 is 2.57 bits per heavy atom. The van der Waals surface area contributed by atoms with E-state index in [0.29, 0.717) is 5.69 Å². The summed E-state index contributed by atoms with van der Waals surface area (Å²) in [6.45, 7) is 1.96. The smallest absolute Gasteiger partial charge is 0.143 e. The number of nitrogen functional groups attached to an aromatic ring is 1. The van der Waals surface area contributed by atoms with Crippen molar-refractivity contribution in [3.05, 3.63) is 23.0 Å². The van der Waals surface area contributed by atoms with E-state index in [1.807, 2.05) is 0 Å². The molecule has 0 radical (unpaired) electrons. The molecule has 0 atom stereocenters. The van der Waals surface area contributed by atoms with Crippen molar-refractivity contribution in [3.63, 3.8) is 0 Å². The van der Waals surface area contributed by atoms with Gasteiger partial charge in [0.25, 0.3) is 0 Å². The van der Waals surface area contributed by atoms with Gasteiger partial charge in [-0.05, 0) is 18.9 Å². The van der Waals surface area contributed by atoms with Gasteiger partial charge in [0.15, 0.2) is 0 Å². The second-order valence-corrected chi connectivity index (χ2v) is 3.93. The first-order valence-electron chi connectivity index (χ1n) is 4.68. The van der Waals surface area contributed by atoms with Crippen molar-refractivity contribution >= 4 is 23.0 Å². The molecule has 0 amide bonds. The van der Waals surface area contributed by atoms with Crippen molar-refractivity contribution in [1.82, 2.24) is 0 Å². The lowest BCUT2D eigenvalue weighted by Crippen LogP contribution is -2.19. The predicted molar refractivity (Wildman–Crippen MR) is 57.3 cm³/mol. The van der Waals surface area contributed by atoms with E-state index in [-0.39, 0.29) is 5.02 Å².